The minimum atomic E-state index is -0.255. The van der Waals surface area contributed by atoms with E-state index >= 15 is 0 Å². The Kier molecular flexibility index (Phi) is 4.21. The molecule has 0 saturated heterocycles. The van der Waals surface area contributed by atoms with E-state index in [-0.39, 0.29) is 12.1 Å². The van der Waals surface area contributed by atoms with E-state index in [4.69, 9.17) is 4.74 Å². The van der Waals surface area contributed by atoms with Crippen molar-refractivity contribution >= 4 is 27.6 Å². The molecule has 0 aliphatic carbocycles. The number of nitrogens with one attached hydrogen (secondary N) is 1. The first-order valence-electron chi connectivity index (χ1n) is 10.2. The highest BCUT2D eigenvalue weighted by Crippen LogP contribution is 2.50. The number of halogens is 1. The molecule has 1 aromatic heterocycles. The molecule has 4 aromatic rings. The van der Waals surface area contributed by atoms with Gasteiger partial charge in [0, 0.05) is 15.6 Å². The topological polar surface area (TPSA) is 52.0 Å². The molecule has 3 heterocycles. The zero-order valence-electron chi connectivity index (χ0n) is 16.8. The van der Waals surface area contributed by atoms with Crippen LogP contribution in [-0.4, -0.2) is 14.8 Å². The predicted molar refractivity (Wildman–Crippen MR) is 124 cm³/mol. The molecular weight excluding hydrogens is 452 g/mol. The van der Waals surface area contributed by atoms with E-state index in [9.17, 15) is 0 Å². The van der Waals surface area contributed by atoms with E-state index in [2.05, 4.69) is 92.9 Å². The largest absolute Gasteiger partial charge is 0.480 e. The summed E-state index contributed by atoms with van der Waals surface area (Å²) >= 11 is 3.55. The van der Waals surface area contributed by atoms with Gasteiger partial charge in [0.25, 0.3) is 0 Å². The highest BCUT2D eigenvalue weighted by atomic mass is 79.9. The van der Waals surface area contributed by atoms with Gasteiger partial charge in [-0.3, -0.25) is 0 Å². The maximum Gasteiger partial charge on any atom is 0.226 e. The molecular formula is C25H19BrN4O. The minimum Gasteiger partial charge on any atom is -0.480 e. The molecule has 0 saturated carbocycles. The smallest absolute Gasteiger partial charge is 0.226 e. The number of rotatable bonds is 2. The Hall–Kier alpha value is -3.38. The Morgan fingerprint density at radius 2 is 1.68 bits per heavy atom. The Morgan fingerprint density at radius 3 is 2.48 bits per heavy atom. The first kappa shape index (κ1) is 18.4. The van der Waals surface area contributed by atoms with Crippen LogP contribution in [0.5, 0.6) is 5.75 Å². The molecule has 3 aromatic carbocycles. The van der Waals surface area contributed by atoms with Crippen LogP contribution in [0.3, 0.4) is 0 Å². The number of fused-ring (bicyclic) bond motifs is 3. The van der Waals surface area contributed by atoms with Crippen molar-refractivity contribution in [2.24, 2.45) is 0 Å². The molecule has 0 unspecified atom stereocenters. The van der Waals surface area contributed by atoms with E-state index in [1.54, 1.807) is 6.33 Å². The van der Waals surface area contributed by atoms with E-state index in [0.29, 0.717) is 0 Å². The minimum absolute atomic E-state index is 0.128. The summed E-state index contributed by atoms with van der Waals surface area (Å²) < 4.78 is 9.61. The van der Waals surface area contributed by atoms with Crippen molar-refractivity contribution in [3.8, 4) is 5.75 Å². The van der Waals surface area contributed by atoms with Crippen molar-refractivity contribution in [2.75, 3.05) is 5.32 Å². The van der Waals surface area contributed by atoms with E-state index in [1.165, 1.54) is 5.56 Å². The number of aryl methyl sites for hydroxylation is 1. The van der Waals surface area contributed by atoms with Gasteiger partial charge in [0.15, 0.2) is 0 Å². The number of ether oxygens (including phenoxy) is 1. The standard InChI is InChI=1S/C25H19BrN4O/c1-15-6-8-16(9-7-15)23-21-22(29-25-27-14-28-30(23)25)19-4-2-3-5-20(19)31-24(21)17-10-12-18(26)13-11-17/h2-14,23-24H,1H3,(H,27,28,29)/t23-,24+/m1/s1. The van der Waals surface area contributed by atoms with Crippen LogP contribution in [0.4, 0.5) is 5.95 Å². The molecule has 152 valence electrons. The van der Waals surface area contributed by atoms with E-state index < -0.39 is 0 Å². The fourth-order valence-corrected chi connectivity index (χ4v) is 4.66. The predicted octanol–water partition coefficient (Wildman–Crippen LogP) is 5.91. The lowest BCUT2D eigenvalue weighted by molar-refractivity contribution is 0.223. The van der Waals surface area contributed by atoms with Crippen LogP contribution < -0.4 is 10.1 Å². The second-order valence-corrected chi connectivity index (χ2v) is 8.76. The quantitative estimate of drug-likeness (QED) is 0.395. The third kappa shape index (κ3) is 2.98. The lowest BCUT2D eigenvalue weighted by atomic mass is 9.84. The maximum atomic E-state index is 6.62. The highest BCUT2D eigenvalue weighted by Gasteiger charge is 2.40. The van der Waals surface area contributed by atoms with Crippen LogP contribution >= 0.6 is 15.9 Å². The van der Waals surface area contributed by atoms with Crippen LogP contribution in [0.25, 0.3) is 5.70 Å². The molecule has 6 heteroatoms. The molecule has 1 N–H and O–H groups in total. The number of benzene rings is 3. The van der Waals surface area contributed by atoms with Gasteiger partial charge < -0.3 is 10.1 Å². The highest BCUT2D eigenvalue weighted by molar-refractivity contribution is 9.10. The van der Waals surface area contributed by atoms with Gasteiger partial charge in [-0.05, 0) is 42.3 Å². The monoisotopic (exact) mass is 470 g/mol. The lowest BCUT2D eigenvalue weighted by Crippen LogP contribution is -2.32. The van der Waals surface area contributed by atoms with Gasteiger partial charge in [0.1, 0.15) is 24.2 Å². The first-order valence-corrected chi connectivity index (χ1v) is 11.0. The van der Waals surface area contributed by atoms with Gasteiger partial charge in [-0.25, -0.2) is 4.68 Å². The Morgan fingerprint density at radius 1 is 0.935 bits per heavy atom. The van der Waals surface area contributed by atoms with Gasteiger partial charge in [-0.2, -0.15) is 10.1 Å². The van der Waals surface area contributed by atoms with Gasteiger partial charge in [-0.1, -0.05) is 70.0 Å². The normalized spacial score (nSPS) is 19.0. The molecule has 2 aliphatic heterocycles. The zero-order valence-corrected chi connectivity index (χ0v) is 18.4. The van der Waals surface area contributed by atoms with Crippen LogP contribution in [0.2, 0.25) is 0 Å². The van der Waals surface area contributed by atoms with Crippen molar-refractivity contribution < 1.29 is 4.74 Å². The zero-order chi connectivity index (χ0) is 20.9. The lowest BCUT2D eigenvalue weighted by Gasteiger charge is -2.39. The van der Waals surface area contributed by atoms with Gasteiger partial charge >= 0.3 is 0 Å². The SMILES string of the molecule is Cc1ccc([C@@H]2C3=C(Nc4ncnn42)c2ccccc2O[C@H]3c2ccc(Br)cc2)cc1. The summed E-state index contributed by atoms with van der Waals surface area (Å²) in [6.45, 7) is 2.10. The number of nitrogens with zero attached hydrogens (tertiary/aromatic N) is 3. The molecule has 0 amide bonds. The van der Waals surface area contributed by atoms with E-state index in [1.807, 2.05) is 22.9 Å². The van der Waals surface area contributed by atoms with E-state index in [0.717, 1.165) is 44.1 Å². The first-order chi connectivity index (χ1) is 15.2. The third-order valence-corrected chi connectivity index (χ3v) is 6.42. The molecule has 0 spiro atoms. The molecule has 0 radical (unpaired) electrons. The van der Waals surface area contributed by atoms with Crippen molar-refractivity contribution in [2.45, 2.75) is 19.1 Å². The van der Waals surface area contributed by atoms with Crippen molar-refractivity contribution in [3.63, 3.8) is 0 Å². The van der Waals surface area contributed by atoms with Crippen LogP contribution in [0, 0.1) is 6.92 Å². The van der Waals surface area contributed by atoms with Crippen molar-refractivity contribution in [1.82, 2.24) is 14.8 Å². The van der Waals surface area contributed by atoms with Crippen LogP contribution in [0.1, 0.15) is 34.4 Å². The number of anilines is 1. The Labute approximate surface area is 188 Å². The molecule has 0 fully saturated rings. The van der Waals surface area contributed by atoms with Crippen molar-refractivity contribution in [3.05, 3.63) is 111 Å². The fraction of sp³-hybridized carbons (Fsp3) is 0.120. The van der Waals surface area contributed by atoms with Gasteiger partial charge in [0.2, 0.25) is 5.95 Å². The number of hydrogen-bond acceptors (Lipinski definition) is 4. The molecule has 2 aliphatic rings. The Balaban J connectivity index is 1.62. The van der Waals surface area contributed by atoms with Crippen LogP contribution in [0.15, 0.2) is 89.2 Å². The van der Waals surface area contributed by atoms with Crippen LogP contribution in [-0.2, 0) is 0 Å². The molecule has 31 heavy (non-hydrogen) atoms. The number of hydrogen-bond donors (Lipinski definition) is 1. The summed E-state index contributed by atoms with van der Waals surface area (Å²) in [5.41, 5.74) is 6.67. The molecule has 2 atom stereocenters. The summed E-state index contributed by atoms with van der Waals surface area (Å²) in [6.07, 6.45) is 1.35. The average Bonchev–Trinajstić information content (AvgIpc) is 3.27. The van der Waals surface area contributed by atoms with Gasteiger partial charge in [0.05, 0.1) is 5.70 Å². The number of aromatic nitrogens is 3. The fourth-order valence-electron chi connectivity index (χ4n) is 4.40. The summed E-state index contributed by atoms with van der Waals surface area (Å²) in [6, 6.07) is 25.0. The second kappa shape index (κ2) is 7.10. The third-order valence-electron chi connectivity index (χ3n) is 5.89. The maximum absolute atomic E-state index is 6.62. The summed E-state index contributed by atoms with van der Waals surface area (Å²) in [5.74, 6) is 1.59. The molecule has 6 rings (SSSR count). The average molecular weight is 471 g/mol. The molecule has 5 nitrogen and oxygen atoms in total. The molecule has 0 bridgehead atoms. The van der Waals surface area contributed by atoms with Crippen molar-refractivity contribution in [1.29, 1.82) is 0 Å². The Bertz CT molecular complexity index is 1310. The summed E-state index contributed by atoms with van der Waals surface area (Å²) in [7, 11) is 0. The summed E-state index contributed by atoms with van der Waals surface area (Å²) in [4.78, 5) is 4.48. The summed E-state index contributed by atoms with van der Waals surface area (Å²) in [5, 5.41) is 8.11. The number of para-hydroxylation sites is 1. The van der Waals surface area contributed by atoms with Gasteiger partial charge in [-0.15, -0.1) is 0 Å². The second-order valence-electron chi connectivity index (χ2n) is 7.84.